The zero-order chi connectivity index (χ0) is 16.8. The van der Waals surface area contributed by atoms with Crippen LogP contribution in [0.1, 0.15) is 37.8 Å². The van der Waals surface area contributed by atoms with E-state index in [1.165, 1.54) is 6.42 Å². The minimum Gasteiger partial charge on any atom is -0.369 e. The second-order valence-electron chi connectivity index (χ2n) is 6.71. The van der Waals surface area contributed by atoms with Crippen molar-refractivity contribution in [2.24, 2.45) is 17.6 Å². The van der Waals surface area contributed by atoms with Crippen LogP contribution in [0.25, 0.3) is 0 Å². The van der Waals surface area contributed by atoms with Gasteiger partial charge < -0.3 is 16.0 Å². The largest absolute Gasteiger partial charge is 0.369 e. The Kier molecular flexibility index (Phi) is 6.02. The summed E-state index contributed by atoms with van der Waals surface area (Å²) in [6.45, 7) is 6.63. The van der Waals surface area contributed by atoms with Crippen LogP contribution in [0.2, 0.25) is 0 Å². The number of likely N-dealkylation sites (tertiary alicyclic amines) is 1. The number of nitrogens with two attached hydrogens (primary N) is 1. The van der Waals surface area contributed by atoms with Gasteiger partial charge in [0, 0.05) is 19.6 Å². The monoisotopic (exact) mass is 317 g/mol. The van der Waals surface area contributed by atoms with E-state index < -0.39 is 0 Å². The molecule has 126 valence electrons. The highest BCUT2D eigenvalue weighted by molar-refractivity contribution is 5.76. The first kappa shape index (κ1) is 17.3. The fourth-order valence-electron chi connectivity index (χ4n) is 3.00. The Morgan fingerprint density at radius 1 is 1.26 bits per heavy atom. The Labute approximate surface area is 138 Å². The average molecular weight is 317 g/mol. The van der Waals surface area contributed by atoms with E-state index >= 15 is 0 Å². The molecule has 1 atom stereocenters. The maximum absolute atomic E-state index is 12.3. The highest BCUT2D eigenvalue weighted by Gasteiger charge is 2.25. The molecule has 1 aliphatic rings. The summed E-state index contributed by atoms with van der Waals surface area (Å²) in [5, 5.41) is 2.98. The molecule has 0 aromatic heterocycles. The Bertz CT molecular complexity index is 540. The second kappa shape index (κ2) is 7.99. The van der Waals surface area contributed by atoms with E-state index in [4.69, 9.17) is 5.73 Å². The highest BCUT2D eigenvalue weighted by atomic mass is 16.2. The van der Waals surface area contributed by atoms with Crippen LogP contribution in [0.4, 0.5) is 4.79 Å². The fourth-order valence-corrected chi connectivity index (χ4v) is 3.00. The fraction of sp³-hybridized carbons (Fsp3) is 0.556. The number of carbonyl (C=O) groups is 2. The van der Waals surface area contributed by atoms with Gasteiger partial charge in [0.2, 0.25) is 5.91 Å². The first-order valence-corrected chi connectivity index (χ1v) is 8.34. The van der Waals surface area contributed by atoms with Crippen LogP contribution < -0.4 is 11.1 Å². The van der Waals surface area contributed by atoms with E-state index in [0.29, 0.717) is 18.4 Å². The number of carbonyl (C=O) groups excluding carboxylic acids is 2. The van der Waals surface area contributed by atoms with Gasteiger partial charge >= 0.3 is 6.03 Å². The number of urea groups is 1. The quantitative estimate of drug-likeness (QED) is 0.874. The van der Waals surface area contributed by atoms with Crippen molar-refractivity contribution >= 4 is 11.9 Å². The van der Waals surface area contributed by atoms with Gasteiger partial charge in [0.05, 0.1) is 6.42 Å². The number of nitrogens with one attached hydrogen (secondary N) is 1. The number of rotatable bonds is 5. The Morgan fingerprint density at radius 3 is 2.52 bits per heavy atom. The standard InChI is InChI=1S/C18H27N3O2/c1-13(2)16-4-3-9-21(12-16)18(23)20-11-15-7-5-14(6-8-15)10-17(19)22/h5-8,13,16H,3-4,9-12H2,1-2H3,(H2,19,22)(H,20,23). The molecule has 0 saturated carbocycles. The van der Waals surface area contributed by atoms with E-state index in [1.54, 1.807) is 0 Å². The van der Waals surface area contributed by atoms with Crippen molar-refractivity contribution < 1.29 is 9.59 Å². The molecule has 1 aromatic rings. The van der Waals surface area contributed by atoms with Crippen LogP contribution in [0.15, 0.2) is 24.3 Å². The Morgan fingerprint density at radius 2 is 1.91 bits per heavy atom. The van der Waals surface area contributed by atoms with Gasteiger partial charge in [0.15, 0.2) is 0 Å². The van der Waals surface area contributed by atoms with Crippen molar-refractivity contribution in [1.82, 2.24) is 10.2 Å². The lowest BCUT2D eigenvalue weighted by Gasteiger charge is -2.34. The third-order valence-electron chi connectivity index (χ3n) is 4.53. The van der Waals surface area contributed by atoms with Crippen LogP contribution >= 0.6 is 0 Å². The van der Waals surface area contributed by atoms with Gasteiger partial charge in [-0.2, -0.15) is 0 Å². The van der Waals surface area contributed by atoms with E-state index in [-0.39, 0.29) is 18.4 Å². The number of hydrogen-bond donors (Lipinski definition) is 2. The Hall–Kier alpha value is -2.04. The second-order valence-corrected chi connectivity index (χ2v) is 6.71. The maximum Gasteiger partial charge on any atom is 0.317 e. The third-order valence-corrected chi connectivity index (χ3v) is 4.53. The predicted octanol–water partition coefficient (Wildman–Crippen LogP) is 2.29. The first-order valence-electron chi connectivity index (χ1n) is 8.34. The van der Waals surface area contributed by atoms with Crippen LogP contribution in [0, 0.1) is 11.8 Å². The average Bonchev–Trinajstić information content (AvgIpc) is 2.53. The number of primary amides is 1. The topological polar surface area (TPSA) is 75.4 Å². The molecule has 5 heteroatoms. The molecular formula is C18H27N3O2. The normalized spacial score (nSPS) is 18.0. The number of hydrogen-bond acceptors (Lipinski definition) is 2. The molecule has 1 aliphatic heterocycles. The molecule has 0 bridgehead atoms. The molecule has 3 N–H and O–H groups in total. The summed E-state index contributed by atoms with van der Waals surface area (Å²) in [5.41, 5.74) is 7.08. The van der Waals surface area contributed by atoms with E-state index in [9.17, 15) is 9.59 Å². The van der Waals surface area contributed by atoms with Gasteiger partial charge in [-0.05, 0) is 35.8 Å². The van der Waals surface area contributed by atoms with Crippen molar-refractivity contribution in [2.45, 2.75) is 39.7 Å². The van der Waals surface area contributed by atoms with Crippen molar-refractivity contribution in [3.63, 3.8) is 0 Å². The molecular weight excluding hydrogens is 290 g/mol. The first-order chi connectivity index (χ1) is 11.0. The van der Waals surface area contributed by atoms with Gasteiger partial charge in [-0.15, -0.1) is 0 Å². The summed E-state index contributed by atoms with van der Waals surface area (Å²) in [7, 11) is 0. The van der Waals surface area contributed by atoms with Gasteiger partial charge in [-0.25, -0.2) is 4.79 Å². The van der Waals surface area contributed by atoms with E-state index in [2.05, 4.69) is 19.2 Å². The number of nitrogens with zero attached hydrogens (tertiary/aromatic N) is 1. The lowest BCUT2D eigenvalue weighted by Crippen LogP contribution is -2.46. The maximum atomic E-state index is 12.3. The minimum atomic E-state index is -0.337. The van der Waals surface area contributed by atoms with Crippen LogP contribution in [0.3, 0.4) is 0 Å². The molecule has 0 spiro atoms. The molecule has 23 heavy (non-hydrogen) atoms. The van der Waals surface area contributed by atoms with Crippen molar-refractivity contribution in [1.29, 1.82) is 0 Å². The van der Waals surface area contributed by atoms with E-state index in [0.717, 1.165) is 30.6 Å². The summed E-state index contributed by atoms with van der Waals surface area (Å²) >= 11 is 0. The molecule has 0 aliphatic carbocycles. The lowest BCUT2D eigenvalue weighted by molar-refractivity contribution is -0.117. The van der Waals surface area contributed by atoms with Crippen LogP contribution in [-0.4, -0.2) is 29.9 Å². The van der Waals surface area contributed by atoms with Crippen LogP contribution in [0.5, 0.6) is 0 Å². The van der Waals surface area contributed by atoms with Crippen LogP contribution in [-0.2, 0) is 17.8 Å². The zero-order valence-corrected chi connectivity index (χ0v) is 14.0. The summed E-state index contributed by atoms with van der Waals surface area (Å²) in [6, 6.07) is 7.61. The summed E-state index contributed by atoms with van der Waals surface area (Å²) in [6.07, 6.45) is 2.54. The highest BCUT2D eigenvalue weighted by Crippen LogP contribution is 2.23. The number of amides is 3. The molecule has 1 fully saturated rings. The van der Waals surface area contributed by atoms with Gasteiger partial charge in [-0.1, -0.05) is 38.1 Å². The van der Waals surface area contributed by atoms with Gasteiger partial charge in [0.1, 0.15) is 0 Å². The molecule has 1 unspecified atom stereocenters. The minimum absolute atomic E-state index is 0.0107. The molecule has 1 saturated heterocycles. The van der Waals surface area contributed by atoms with Gasteiger partial charge in [-0.3, -0.25) is 4.79 Å². The zero-order valence-electron chi connectivity index (χ0n) is 14.0. The van der Waals surface area contributed by atoms with Crippen molar-refractivity contribution in [3.8, 4) is 0 Å². The summed E-state index contributed by atoms with van der Waals surface area (Å²) in [4.78, 5) is 25.1. The van der Waals surface area contributed by atoms with Crippen molar-refractivity contribution in [3.05, 3.63) is 35.4 Å². The third kappa shape index (κ3) is 5.27. The molecule has 1 aromatic carbocycles. The molecule has 1 heterocycles. The number of benzene rings is 1. The predicted molar refractivity (Wildman–Crippen MR) is 90.7 cm³/mol. The molecule has 5 nitrogen and oxygen atoms in total. The number of piperidine rings is 1. The molecule has 3 amide bonds. The SMILES string of the molecule is CC(C)C1CCCN(C(=O)NCc2ccc(CC(N)=O)cc2)C1. The summed E-state index contributed by atoms with van der Waals surface area (Å²) in [5.74, 6) is 0.877. The molecule has 2 rings (SSSR count). The van der Waals surface area contributed by atoms with Crippen molar-refractivity contribution in [2.75, 3.05) is 13.1 Å². The van der Waals surface area contributed by atoms with E-state index in [1.807, 2.05) is 29.2 Å². The Balaban J connectivity index is 1.83. The summed E-state index contributed by atoms with van der Waals surface area (Å²) < 4.78 is 0. The lowest BCUT2D eigenvalue weighted by atomic mass is 9.88. The molecule has 0 radical (unpaired) electrons. The smallest absolute Gasteiger partial charge is 0.317 e. The van der Waals surface area contributed by atoms with Gasteiger partial charge in [0.25, 0.3) is 0 Å².